The van der Waals surface area contributed by atoms with Crippen LogP contribution in [0.4, 0.5) is 5.69 Å². The molecular weight excluding hydrogens is 232 g/mol. The standard InChI is InChI=1S/C13H20N2O3/c1-14-13(18)6-5-10-3-2-4-11(7-10)15-8-12(17)9-16/h2-4,7,12,15-17H,5-6,8-9H2,1H3,(H,14,18). The van der Waals surface area contributed by atoms with Gasteiger partial charge >= 0.3 is 0 Å². The molecule has 0 saturated carbocycles. The molecule has 100 valence electrons. The molecule has 0 spiro atoms. The second kappa shape index (κ2) is 7.68. The topological polar surface area (TPSA) is 81.6 Å². The van der Waals surface area contributed by atoms with E-state index in [4.69, 9.17) is 5.11 Å². The molecule has 1 aromatic carbocycles. The van der Waals surface area contributed by atoms with E-state index in [1.54, 1.807) is 7.05 Å². The van der Waals surface area contributed by atoms with Crippen molar-refractivity contribution in [1.29, 1.82) is 0 Å². The summed E-state index contributed by atoms with van der Waals surface area (Å²) in [5.41, 5.74) is 1.93. The minimum absolute atomic E-state index is 0.0177. The van der Waals surface area contributed by atoms with Gasteiger partial charge in [-0.25, -0.2) is 0 Å². The molecule has 18 heavy (non-hydrogen) atoms. The number of carbonyl (C=O) groups is 1. The van der Waals surface area contributed by atoms with Gasteiger partial charge in [0.05, 0.1) is 12.7 Å². The van der Waals surface area contributed by atoms with E-state index in [0.717, 1.165) is 11.3 Å². The van der Waals surface area contributed by atoms with E-state index >= 15 is 0 Å². The van der Waals surface area contributed by atoms with Crippen LogP contribution in [0.3, 0.4) is 0 Å². The molecule has 0 heterocycles. The zero-order valence-electron chi connectivity index (χ0n) is 10.5. The SMILES string of the molecule is CNC(=O)CCc1cccc(NCC(O)CO)c1. The summed E-state index contributed by atoms with van der Waals surface area (Å²) in [5, 5.41) is 23.5. The van der Waals surface area contributed by atoms with E-state index < -0.39 is 6.10 Å². The van der Waals surface area contributed by atoms with Crippen molar-refractivity contribution in [3.63, 3.8) is 0 Å². The Morgan fingerprint density at radius 3 is 2.89 bits per heavy atom. The van der Waals surface area contributed by atoms with Crippen LogP contribution < -0.4 is 10.6 Å². The molecule has 0 fully saturated rings. The van der Waals surface area contributed by atoms with Gasteiger partial charge in [-0.05, 0) is 24.1 Å². The van der Waals surface area contributed by atoms with E-state index in [9.17, 15) is 9.90 Å². The van der Waals surface area contributed by atoms with Gasteiger partial charge in [-0.2, -0.15) is 0 Å². The van der Waals surface area contributed by atoms with E-state index in [0.29, 0.717) is 19.4 Å². The Balaban J connectivity index is 2.48. The number of aliphatic hydroxyl groups is 2. The van der Waals surface area contributed by atoms with Crippen molar-refractivity contribution in [2.45, 2.75) is 18.9 Å². The number of hydrogen-bond donors (Lipinski definition) is 4. The molecule has 5 nitrogen and oxygen atoms in total. The highest BCUT2D eigenvalue weighted by atomic mass is 16.3. The van der Waals surface area contributed by atoms with Crippen molar-refractivity contribution in [3.05, 3.63) is 29.8 Å². The van der Waals surface area contributed by atoms with Gasteiger partial charge in [-0.15, -0.1) is 0 Å². The van der Waals surface area contributed by atoms with Crippen molar-refractivity contribution < 1.29 is 15.0 Å². The first-order valence-electron chi connectivity index (χ1n) is 5.98. The predicted molar refractivity (Wildman–Crippen MR) is 70.4 cm³/mol. The third-order valence-electron chi connectivity index (χ3n) is 2.60. The minimum Gasteiger partial charge on any atom is -0.394 e. The summed E-state index contributed by atoms with van der Waals surface area (Å²) in [5.74, 6) is 0.0177. The predicted octanol–water partition coefficient (Wildman–Crippen LogP) is 0.130. The first kappa shape index (κ1) is 14.5. The molecule has 1 aromatic rings. The molecule has 5 heteroatoms. The molecule has 1 unspecified atom stereocenters. The summed E-state index contributed by atoms with van der Waals surface area (Å²) in [6, 6.07) is 7.67. The number of benzene rings is 1. The lowest BCUT2D eigenvalue weighted by atomic mass is 10.1. The molecule has 1 rings (SSSR count). The normalized spacial score (nSPS) is 11.9. The molecule has 0 aliphatic heterocycles. The van der Waals surface area contributed by atoms with Gasteiger partial charge in [0.25, 0.3) is 0 Å². The van der Waals surface area contributed by atoms with Gasteiger partial charge < -0.3 is 20.8 Å². The first-order valence-corrected chi connectivity index (χ1v) is 5.98. The zero-order chi connectivity index (χ0) is 13.4. The number of aryl methyl sites for hydroxylation is 1. The average molecular weight is 252 g/mol. The number of nitrogens with one attached hydrogen (secondary N) is 2. The Morgan fingerprint density at radius 1 is 1.44 bits per heavy atom. The van der Waals surface area contributed by atoms with Gasteiger partial charge in [0.2, 0.25) is 5.91 Å². The van der Waals surface area contributed by atoms with E-state index in [2.05, 4.69) is 10.6 Å². The summed E-state index contributed by atoms with van der Waals surface area (Å²) in [7, 11) is 1.62. The number of anilines is 1. The quantitative estimate of drug-likeness (QED) is 0.556. The third-order valence-corrected chi connectivity index (χ3v) is 2.60. The van der Waals surface area contributed by atoms with Gasteiger partial charge in [0, 0.05) is 25.7 Å². The van der Waals surface area contributed by atoms with Crippen molar-refractivity contribution in [2.75, 3.05) is 25.5 Å². The fourth-order valence-electron chi connectivity index (χ4n) is 1.52. The maximum Gasteiger partial charge on any atom is 0.220 e. The lowest BCUT2D eigenvalue weighted by molar-refractivity contribution is -0.120. The molecule has 0 radical (unpaired) electrons. The molecule has 0 aromatic heterocycles. The fraction of sp³-hybridized carbons (Fsp3) is 0.462. The largest absolute Gasteiger partial charge is 0.394 e. The maximum atomic E-state index is 11.1. The Bertz CT molecular complexity index is 382. The monoisotopic (exact) mass is 252 g/mol. The molecule has 0 aliphatic carbocycles. The second-order valence-corrected chi connectivity index (χ2v) is 4.09. The first-order chi connectivity index (χ1) is 8.65. The average Bonchev–Trinajstić information content (AvgIpc) is 2.42. The summed E-state index contributed by atoms with van der Waals surface area (Å²) < 4.78 is 0. The number of carbonyl (C=O) groups excluding carboxylic acids is 1. The van der Waals surface area contributed by atoms with Gasteiger partial charge in [-0.1, -0.05) is 12.1 Å². The highest BCUT2D eigenvalue weighted by Gasteiger charge is 2.03. The van der Waals surface area contributed by atoms with Crippen molar-refractivity contribution in [3.8, 4) is 0 Å². The highest BCUT2D eigenvalue weighted by Crippen LogP contribution is 2.12. The van der Waals surface area contributed by atoms with E-state index in [1.807, 2.05) is 24.3 Å². The summed E-state index contributed by atoms with van der Waals surface area (Å²) in [4.78, 5) is 11.1. The maximum absolute atomic E-state index is 11.1. The number of hydrogen-bond acceptors (Lipinski definition) is 4. The summed E-state index contributed by atoms with van der Waals surface area (Å²) >= 11 is 0. The number of aliphatic hydroxyl groups excluding tert-OH is 2. The third kappa shape index (κ3) is 5.16. The summed E-state index contributed by atoms with van der Waals surface area (Å²) in [6.45, 7) is 0.0404. The fourth-order valence-corrected chi connectivity index (χ4v) is 1.52. The second-order valence-electron chi connectivity index (χ2n) is 4.09. The van der Waals surface area contributed by atoms with Crippen LogP contribution in [-0.4, -0.2) is 42.4 Å². The van der Waals surface area contributed by atoms with Crippen LogP contribution in [0.2, 0.25) is 0 Å². The van der Waals surface area contributed by atoms with Gasteiger partial charge in [0.15, 0.2) is 0 Å². The summed E-state index contributed by atoms with van der Waals surface area (Å²) in [6.07, 6.45) is 0.372. The zero-order valence-corrected chi connectivity index (χ0v) is 10.5. The molecule has 1 amide bonds. The van der Waals surface area contributed by atoms with Crippen molar-refractivity contribution in [2.24, 2.45) is 0 Å². The van der Waals surface area contributed by atoms with Crippen molar-refractivity contribution >= 4 is 11.6 Å². The molecule has 1 atom stereocenters. The van der Waals surface area contributed by atoms with Crippen LogP contribution >= 0.6 is 0 Å². The number of rotatable bonds is 7. The lowest BCUT2D eigenvalue weighted by Gasteiger charge is -2.11. The highest BCUT2D eigenvalue weighted by molar-refractivity contribution is 5.75. The Hall–Kier alpha value is -1.59. The van der Waals surface area contributed by atoms with Crippen LogP contribution in [0.1, 0.15) is 12.0 Å². The smallest absolute Gasteiger partial charge is 0.220 e. The van der Waals surface area contributed by atoms with Crippen LogP contribution in [0, 0.1) is 0 Å². The molecule has 0 bridgehead atoms. The molecular formula is C13H20N2O3. The van der Waals surface area contributed by atoms with Crippen molar-refractivity contribution in [1.82, 2.24) is 5.32 Å². The molecule has 0 aliphatic rings. The lowest BCUT2D eigenvalue weighted by Crippen LogP contribution is -2.23. The van der Waals surface area contributed by atoms with Gasteiger partial charge in [-0.3, -0.25) is 4.79 Å². The molecule has 4 N–H and O–H groups in total. The molecule has 0 saturated heterocycles. The van der Waals surface area contributed by atoms with Crippen LogP contribution in [0.5, 0.6) is 0 Å². The van der Waals surface area contributed by atoms with E-state index in [1.165, 1.54) is 0 Å². The van der Waals surface area contributed by atoms with Gasteiger partial charge in [0.1, 0.15) is 0 Å². The Kier molecular flexibility index (Phi) is 6.18. The van der Waals surface area contributed by atoms with E-state index in [-0.39, 0.29) is 12.5 Å². The Labute approximate surface area is 107 Å². The van der Waals surface area contributed by atoms with Crippen LogP contribution in [0.15, 0.2) is 24.3 Å². The van der Waals surface area contributed by atoms with Crippen LogP contribution in [-0.2, 0) is 11.2 Å². The minimum atomic E-state index is -0.764. The van der Waals surface area contributed by atoms with Crippen LogP contribution in [0.25, 0.3) is 0 Å². The Morgan fingerprint density at radius 2 is 2.22 bits per heavy atom. The number of amides is 1.